The Kier molecular flexibility index (Phi) is 3.01. The van der Waals surface area contributed by atoms with E-state index in [-0.39, 0.29) is 0 Å². The molecule has 0 spiro atoms. The third-order valence-electron chi connectivity index (χ3n) is 1.52. The van der Waals surface area contributed by atoms with E-state index in [1.165, 1.54) is 5.56 Å². The smallest absolute Gasteiger partial charge is 0.0997 e. The summed E-state index contributed by atoms with van der Waals surface area (Å²) in [7, 11) is 0. The van der Waals surface area contributed by atoms with Crippen LogP contribution in [0.3, 0.4) is 0 Å². The lowest BCUT2D eigenvalue weighted by molar-refractivity contribution is 0.917. The van der Waals surface area contributed by atoms with Crippen molar-refractivity contribution in [2.75, 3.05) is 0 Å². The molecule has 0 N–H and O–H groups in total. The van der Waals surface area contributed by atoms with Crippen LogP contribution in [0.4, 0.5) is 0 Å². The largest absolute Gasteiger partial charge is 0.106 e. The summed E-state index contributed by atoms with van der Waals surface area (Å²) < 4.78 is 0. The molecule has 0 unspecified atom stereocenters. The summed E-state index contributed by atoms with van der Waals surface area (Å²) >= 11 is 5.95. The van der Waals surface area contributed by atoms with Gasteiger partial charge in [-0.05, 0) is 38.5 Å². The van der Waals surface area contributed by atoms with Gasteiger partial charge >= 0.3 is 0 Å². The molecule has 0 bridgehead atoms. The van der Waals surface area contributed by atoms with Crippen molar-refractivity contribution in [2.45, 2.75) is 25.6 Å². The Balaban J connectivity index is 2.90. The first kappa shape index (κ1) is 10.2. The Labute approximate surface area is 84.9 Å². The highest BCUT2D eigenvalue weighted by Crippen LogP contribution is 2.10. The van der Waals surface area contributed by atoms with E-state index in [0.717, 1.165) is 5.56 Å². The number of benzene rings is 1. The quantitative estimate of drug-likeness (QED) is 0.437. The third kappa shape index (κ3) is 4.01. The monoisotopic (exact) mass is 192 g/mol. The fourth-order valence-corrected chi connectivity index (χ4v) is 0.991. The standard InChI is InChI=1S/C12H13Cl/c1-10-5-4-6-11(9-10)7-8-12(2,3)13/h4-6,9H,1-3H3. The van der Waals surface area contributed by atoms with Gasteiger partial charge in [-0.3, -0.25) is 0 Å². The van der Waals surface area contributed by atoms with Crippen molar-refractivity contribution in [3.8, 4) is 11.8 Å². The number of rotatable bonds is 0. The molecule has 0 saturated heterocycles. The fraction of sp³-hybridized carbons (Fsp3) is 0.333. The molecule has 1 aromatic rings. The summed E-state index contributed by atoms with van der Waals surface area (Å²) in [6.45, 7) is 5.83. The Morgan fingerprint density at radius 3 is 2.54 bits per heavy atom. The number of alkyl halides is 1. The molecule has 0 aliphatic carbocycles. The summed E-state index contributed by atoms with van der Waals surface area (Å²) in [5.41, 5.74) is 2.24. The first-order valence-electron chi connectivity index (χ1n) is 4.26. The van der Waals surface area contributed by atoms with Crippen molar-refractivity contribution in [3.63, 3.8) is 0 Å². The van der Waals surface area contributed by atoms with Crippen molar-refractivity contribution in [2.24, 2.45) is 0 Å². The lowest BCUT2D eigenvalue weighted by Crippen LogP contribution is -2.04. The van der Waals surface area contributed by atoms with Gasteiger partial charge in [0.25, 0.3) is 0 Å². The molecule has 68 valence electrons. The van der Waals surface area contributed by atoms with Gasteiger partial charge in [0.05, 0.1) is 4.87 Å². The molecule has 0 saturated carbocycles. The molecule has 0 aromatic heterocycles. The zero-order chi connectivity index (χ0) is 9.90. The second-order valence-electron chi connectivity index (χ2n) is 3.59. The number of hydrogen-bond donors (Lipinski definition) is 0. The SMILES string of the molecule is Cc1cccc(C#CC(C)(C)Cl)c1. The van der Waals surface area contributed by atoms with Crippen LogP contribution in [0.15, 0.2) is 24.3 Å². The van der Waals surface area contributed by atoms with Crippen LogP contribution in [-0.2, 0) is 0 Å². The fourth-order valence-electron chi connectivity index (χ4n) is 0.944. The highest BCUT2D eigenvalue weighted by atomic mass is 35.5. The minimum Gasteiger partial charge on any atom is -0.106 e. The maximum absolute atomic E-state index is 5.95. The molecule has 0 atom stereocenters. The van der Waals surface area contributed by atoms with Gasteiger partial charge < -0.3 is 0 Å². The van der Waals surface area contributed by atoms with Gasteiger partial charge in [0.1, 0.15) is 0 Å². The molecular weight excluding hydrogens is 180 g/mol. The van der Waals surface area contributed by atoms with E-state index < -0.39 is 4.87 Å². The van der Waals surface area contributed by atoms with E-state index >= 15 is 0 Å². The maximum Gasteiger partial charge on any atom is 0.0997 e. The van der Waals surface area contributed by atoms with Gasteiger partial charge in [-0.2, -0.15) is 0 Å². The maximum atomic E-state index is 5.95. The average Bonchev–Trinajstić information content (AvgIpc) is 2.00. The molecule has 0 amide bonds. The van der Waals surface area contributed by atoms with Crippen molar-refractivity contribution in [3.05, 3.63) is 35.4 Å². The highest BCUT2D eigenvalue weighted by molar-refractivity contribution is 6.25. The third-order valence-corrected chi connectivity index (χ3v) is 1.62. The van der Waals surface area contributed by atoms with Crippen LogP contribution in [-0.4, -0.2) is 4.87 Å². The average molecular weight is 193 g/mol. The van der Waals surface area contributed by atoms with Gasteiger partial charge in [0.2, 0.25) is 0 Å². The normalized spacial score (nSPS) is 10.5. The van der Waals surface area contributed by atoms with E-state index in [1.54, 1.807) is 0 Å². The van der Waals surface area contributed by atoms with Crippen LogP contribution in [0.25, 0.3) is 0 Å². The summed E-state index contributed by atoms with van der Waals surface area (Å²) in [6, 6.07) is 8.09. The summed E-state index contributed by atoms with van der Waals surface area (Å²) in [5, 5.41) is 0. The first-order chi connectivity index (χ1) is 5.97. The molecule has 1 aromatic carbocycles. The lowest BCUT2D eigenvalue weighted by atomic mass is 10.1. The van der Waals surface area contributed by atoms with E-state index in [1.807, 2.05) is 26.0 Å². The van der Waals surface area contributed by atoms with E-state index in [4.69, 9.17) is 11.6 Å². The topological polar surface area (TPSA) is 0 Å². The zero-order valence-corrected chi connectivity index (χ0v) is 8.94. The molecule has 0 aliphatic heterocycles. The second-order valence-corrected chi connectivity index (χ2v) is 4.54. The predicted molar refractivity (Wildman–Crippen MR) is 58.0 cm³/mol. The minimum absolute atomic E-state index is 0.441. The van der Waals surface area contributed by atoms with Crippen LogP contribution in [0.5, 0.6) is 0 Å². The first-order valence-corrected chi connectivity index (χ1v) is 4.64. The summed E-state index contributed by atoms with van der Waals surface area (Å²) in [6.07, 6.45) is 0. The van der Waals surface area contributed by atoms with Crippen LogP contribution in [0, 0.1) is 18.8 Å². The van der Waals surface area contributed by atoms with Gasteiger partial charge in [-0.1, -0.05) is 24.0 Å². The van der Waals surface area contributed by atoms with Crippen molar-refractivity contribution < 1.29 is 0 Å². The molecule has 0 aliphatic rings. The van der Waals surface area contributed by atoms with Gasteiger partial charge in [-0.15, -0.1) is 11.6 Å². The minimum atomic E-state index is -0.441. The Hall–Kier alpha value is -0.930. The Morgan fingerprint density at radius 1 is 1.31 bits per heavy atom. The van der Waals surface area contributed by atoms with Crippen molar-refractivity contribution in [1.82, 2.24) is 0 Å². The van der Waals surface area contributed by atoms with Crippen LogP contribution in [0.2, 0.25) is 0 Å². The Bertz CT molecular complexity index is 347. The van der Waals surface area contributed by atoms with Gasteiger partial charge in [0, 0.05) is 5.56 Å². The zero-order valence-electron chi connectivity index (χ0n) is 8.19. The molecular formula is C12H13Cl. The van der Waals surface area contributed by atoms with Crippen LogP contribution >= 0.6 is 11.6 Å². The van der Waals surface area contributed by atoms with Gasteiger partial charge in [0.15, 0.2) is 0 Å². The van der Waals surface area contributed by atoms with E-state index in [2.05, 4.69) is 30.9 Å². The molecule has 0 nitrogen and oxygen atoms in total. The summed E-state index contributed by atoms with van der Waals surface area (Å²) in [4.78, 5) is -0.441. The molecule has 1 rings (SSSR count). The van der Waals surface area contributed by atoms with Crippen molar-refractivity contribution >= 4 is 11.6 Å². The number of halogens is 1. The highest BCUT2D eigenvalue weighted by Gasteiger charge is 2.06. The molecule has 0 fully saturated rings. The van der Waals surface area contributed by atoms with E-state index in [0.29, 0.717) is 0 Å². The predicted octanol–water partition coefficient (Wildman–Crippen LogP) is 3.36. The number of hydrogen-bond acceptors (Lipinski definition) is 0. The molecule has 13 heavy (non-hydrogen) atoms. The molecule has 0 heterocycles. The van der Waals surface area contributed by atoms with Crippen LogP contribution in [0.1, 0.15) is 25.0 Å². The number of aryl methyl sites for hydroxylation is 1. The van der Waals surface area contributed by atoms with Crippen molar-refractivity contribution in [1.29, 1.82) is 0 Å². The summed E-state index contributed by atoms with van der Waals surface area (Å²) in [5.74, 6) is 6.02. The lowest BCUT2D eigenvalue weighted by Gasteiger charge is -2.03. The van der Waals surface area contributed by atoms with E-state index in [9.17, 15) is 0 Å². The molecule has 1 heteroatoms. The second kappa shape index (κ2) is 3.85. The van der Waals surface area contributed by atoms with Crippen LogP contribution < -0.4 is 0 Å². The van der Waals surface area contributed by atoms with Gasteiger partial charge in [-0.25, -0.2) is 0 Å². The Morgan fingerprint density at radius 2 is 2.00 bits per heavy atom. The molecule has 0 radical (unpaired) electrons.